The van der Waals surface area contributed by atoms with Crippen LogP contribution in [0.5, 0.6) is 0 Å². The number of pyridine rings is 1. The molecule has 0 saturated heterocycles. The zero-order valence-corrected chi connectivity index (χ0v) is 11.3. The maximum atomic E-state index is 10.7. The van der Waals surface area contributed by atoms with E-state index in [1.54, 1.807) is 12.4 Å². The molecule has 3 heteroatoms. The molecule has 17 heavy (non-hydrogen) atoms. The highest BCUT2D eigenvalue weighted by Crippen LogP contribution is 2.42. The molecular formula is C14H20ClNO. The third kappa shape index (κ3) is 3.20. The minimum Gasteiger partial charge on any atom is -0.390 e. The first kappa shape index (κ1) is 12.8. The average molecular weight is 254 g/mol. The highest BCUT2D eigenvalue weighted by molar-refractivity contribution is 6.31. The van der Waals surface area contributed by atoms with E-state index in [0.29, 0.717) is 11.4 Å². The van der Waals surface area contributed by atoms with Gasteiger partial charge in [-0.3, -0.25) is 4.98 Å². The van der Waals surface area contributed by atoms with E-state index >= 15 is 0 Å². The van der Waals surface area contributed by atoms with Crippen molar-refractivity contribution in [2.75, 3.05) is 0 Å². The van der Waals surface area contributed by atoms with Gasteiger partial charge in [0.25, 0.3) is 0 Å². The second-order valence-electron chi connectivity index (χ2n) is 6.06. The van der Waals surface area contributed by atoms with Gasteiger partial charge in [-0.15, -0.1) is 0 Å². The lowest BCUT2D eigenvalue weighted by Gasteiger charge is -2.41. The van der Waals surface area contributed by atoms with Crippen LogP contribution in [0.15, 0.2) is 18.5 Å². The molecule has 2 rings (SSSR count). The summed E-state index contributed by atoms with van der Waals surface area (Å²) in [5, 5.41) is 11.4. The van der Waals surface area contributed by atoms with Crippen molar-refractivity contribution in [1.29, 1.82) is 0 Å². The molecule has 0 amide bonds. The molecule has 2 nitrogen and oxygen atoms in total. The third-order valence-corrected chi connectivity index (χ3v) is 4.02. The molecule has 0 spiro atoms. The first-order valence-corrected chi connectivity index (χ1v) is 6.59. The molecule has 0 aliphatic heterocycles. The lowest BCUT2D eigenvalue weighted by Crippen LogP contribution is -2.40. The summed E-state index contributed by atoms with van der Waals surface area (Å²) < 4.78 is 0. The van der Waals surface area contributed by atoms with Crippen LogP contribution in [-0.2, 0) is 6.42 Å². The predicted molar refractivity (Wildman–Crippen MR) is 70.1 cm³/mol. The van der Waals surface area contributed by atoms with E-state index in [0.717, 1.165) is 24.8 Å². The number of rotatable bonds is 2. The SMILES string of the molecule is CC1(C)CCCC(O)(Cc2ccncc2Cl)C1. The first-order valence-electron chi connectivity index (χ1n) is 6.21. The first-order chi connectivity index (χ1) is 7.90. The molecule has 0 radical (unpaired) electrons. The van der Waals surface area contributed by atoms with Gasteiger partial charge in [0, 0.05) is 18.8 Å². The van der Waals surface area contributed by atoms with Gasteiger partial charge in [-0.05, 0) is 36.3 Å². The predicted octanol–water partition coefficient (Wildman–Crippen LogP) is 3.61. The van der Waals surface area contributed by atoms with E-state index in [4.69, 9.17) is 11.6 Å². The fourth-order valence-corrected chi connectivity index (χ4v) is 3.20. The normalized spacial score (nSPS) is 28.0. The summed E-state index contributed by atoms with van der Waals surface area (Å²) in [5.41, 5.74) is 0.626. The summed E-state index contributed by atoms with van der Waals surface area (Å²) in [6.07, 6.45) is 8.02. The summed E-state index contributed by atoms with van der Waals surface area (Å²) in [7, 11) is 0. The van der Waals surface area contributed by atoms with Gasteiger partial charge in [0.2, 0.25) is 0 Å². The van der Waals surface area contributed by atoms with Crippen LogP contribution in [0.1, 0.15) is 45.1 Å². The monoisotopic (exact) mass is 253 g/mol. The van der Waals surface area contributed by atoms with Crippen molar-refractivity contribution in [2.24, 2.45) is 5.41 Å². The van der Waals surface area contributed by atoms with Crippen LogP contribution in [0.3, 0.4) is 0 Å². The van der Waals surface area contributed by atoms with E-state index in [2.05, 4.69) is 18.8 Å². The van der Waals surface area contributed by atoms with Gasteiger partial charge >= 0.3 is 0 Å². The molecular weight excluding hydrogens is 234 g/mol. The summed E-state index contributed by atoms with van der Waals surface area (Å²) in [6, 6.07) is 1.90. The van der Waals surface area contributed by atoms with Crippen molar-refractivity contribution in [3.05, 3.63) is 29.0 Å². The molecule has 1 atom stereocenters. The Morgan fingerprint density at radius 2 is 2.18 bits per heavy atom. The Balaban J connectivity index is 2.15. The van der Waals surface area contributed by atoms with Crippen LogP contribution in [-0.4, -0.2) is 15.7 Å². The highest BCUT2D eigenvalue weighted by atomic mass is 35.5. The molecule has 1 fully saturated rings. The second-order valence-corrected chi connectivity index (χ2v) is 6.47. The molecule has 1 aliphatic rings. The Bertz CT molecular complexity index is 405. The number of halogens is 1. The number of aliphatic hydroxyl groups is 1. The van der Waals surface area contributed by atoms with Gasteiger partial charge < -0.3 is 5.11 Å². The summed E-state index contributed by atoms with van der Waals surface area (Å²) in [5.74, 6) is 0. The Hall–Kier alpha value is -0.600. The van der Waals surface area contributed by atoms with Gasteiger partial charge in [0.1, 0.15) is 0 Å². The smallest absolute Gasteiger partial charge is 0.0693 e. The standard InChI is InChI=1S/C14H20ClNO/c1-13(2)5-3-6-14(17,10-13)8-11-4-7-16-9-12(11)15/h4,7,9,17H,3,5-6,8,10H2,1-2H3. The van der Waals surface area contributed by atoms with Crippen LogP contribution >= 0.6 is 11.6 Å². The van der Waals surface area contributed by atoms with E-state index in [9.17, 15) is 5.11 Å². The van der Waals surface area contributed by atoms with E-state index < -0.39 is 5.60 Å². The molecule has 94 valence electrons. The minimum atomic E-state index is -0.604. The third-order valence-electron chi connectivity index (χ3n) is 3.68. The van der Waals surface area contributed by atoms with Crippen molar-refractivity contribution in [1.82, 2.24) is 4.98 Å². The van der Waals surface area contributed by atoms with Crippen molar-refractivity contribution in [3.63, 3.8) is 0 Å². The topological polar surface area (TPSA) is 33.1 Å². The molecule has 0 aromatic carbocycles. The fourth-order valence-electron chi connectivity index (χ4n) is 3.02. The van der Waals surface area contributed by atoms with Gasteiger partial charge in [-0.1, -0.05) is 31.9 Å². The summed E-state index contributed by atoms with van der Waals surface area (Å²) in [4.78, 5) is 3.98. The molecule has 1 saturated carbocycles. The maximum absolute atomic E-state index is 10.7. The number of aromatic nitrogens is 1. The Morgan fingerprint density at radius 3 is 2.82 bits per heavy atom. The zero-order chi connectivity index (χ0) is 12.5. The number of nitrogens with zero attached hydrogens (tertiary/aromatic N) is 1. The van der Waals surface area contributed by atoms with Crippen LogP contribution in [0.25, 0.3) is 0 Å². The lowest BCUT2D eigenvalue weighted by molar-refractivity contribution is -0.0382. The zero-order valence-electron chi connectivity index (χ0n) is 10.5. The van der Waals surface area contributed by atoms with Crippen LogP contribution < -0.4 is 0 Å². The van der Waals surface area contributed by atoms with Gasteiger partial charge in [0.15, 0.2) is 0 Å². The van der Waals surface area contributed by atoms with Gasteiger partial charge in [0.05, 0.1) is 10.6 Å². The Labute approximate surface area is 108 Å². The molecule has 0 bridgehead atoms. The average Bonchev–Trinajstić information content (AvgIpc) is 2.19. The van der Waals surface area contributed by atoms with Crippen molar-refractivity contribution in [3.8, 4) is 0 Å². The number of hydrogen-bond acceptors (Lipinski definition) is 2. The second kappa shape index (κ2) is 4.58. The Morgan fingerprint density at radius 1 is 1.41 bits per heavy atom. The number of hydrogen-bond donors (Lipinski definition) is 1. The fraction of sp³-hybridized carbons (Fsp3) is 0.643. The van der Waals surface area contributed by atoms with E-state index in [-0.39, 0.29) is 5.41 Å². The van der Waals surface area contributed by atoms with Gasteiger partial charge in [-0.25, -0.2) is 0 Å². The van der Waals surface area contributed by atoms with E-state index in [1.165, 1.54) is 6.42 Å². The minimum absolute atomic E-state index is 0.229. The van der Waals surface area contributed by atoms with Crippen molar-refractivity contribution >= 4 is 11.6 Å². The summed E-state index contributed by atoms with van der Waals surface area (Å²) in [6.45, 7) is 4.45. The lowest BCUT2D eigenvalue weighted by atomic mass is 9.68. The molecule has 1 aromatic rings. The van der Waals surface area contributed by atoms with Crippen LogP contribution in [0, 0.1) is 5.41 Å². The Kier molecular flexibility index (Phi) is 3.46. The van der Waals surface area contributed by atoms with Crippen molar-refractivity contribution < 1.29 is 5.11 Å². The van der Waals surface area contributed by atoms with Crippen molar-refractivity contribution in [2.45, 2.75) is 51.6 Å². The largest absolute Gasteiger partial charge is 0.390 e. The summed E-state index contributed by atoms with van der Waals surface area (Å²) >= 11 is 6.10. The molecule has 1 unspecified atom stereocenters. The molecule has 1 aromatic heterocycles. The highest BCUT2D eigenvalue weighted by Gasteiger charge is 2.38. The van der Waals surface area contributed by atoms with Gasteiger partial charge in [-0.2, -0.15) is 0 Å². The molecule has 1 aliphatic carbocycles. The van der Waals surface area contributed by atoms with E-state index in [1.807, 2.05) is 6.07 Å². The molecule has 1 N–H and O–H groups in total. The van der Waals surface area contributed by atoms with Crippen LogP contribution in [0.2, 0.25) is 5.02 Å². The van der Waals surface area contributed by atoms with Crippen LogP contribution in [0.4, 0.5) is 0 Å². The maximum Gasteiger partial charge on any atom is 0.0693 e. The molecule has 1 heterocycles. The quantitative estimate of drug-likeness (QED) is 0.874.